The standard InChI is InChI=1S/C20H36O4.Sn.4H/c1-5-9-13-17(19(21)23-15-11-7-3)18(14-10-6-2)20(22)24-16-12-8-4;;;;;/h5-16H2,1-4H3;;;;;/b18-17-;;;;;. The van der Waals surface area contributed by atoms with Crippen LogP contribution in [0.1, 0.15) is 91.9 Å². The summed E-state index contributed by atoms with van der Waals surface area (Å²) in [5.74, 6) is -0.675. The quantitative estimate of drug-likeness (QED) is 0.170. The molecule has 0 amide bonds. The van der Waals surface area contributed by atoms with Crippen molar-refractivity contribution in [3.05, 3.63) is 11.1 Å². The van der Waals surface area contributed by atoms with Gasteiger partial charge in [0.1, 0.15) is 0 Å². The average molecular weight is 463 g/mol. The Morgan fingerprint density at radius 1 is 0.600 bits per heavy atom. The van der Waals surface area contributed by atoms with Crippen LogP contribution in [0.5, 0.6) is 0 Å². The maximum absolute atomic E-state index is 12.5. The van der Waals surface area contributed by atoms with E-state index in [0.717, 1.165) is 51.4 Å². The van der Waals surface area contributed by atoms with Gasteiger partial charge in [-0.3, -0.25) is 0 Å². The van der Waals surface area contributed by atoms with Gasteiger partial charge in [-0.25, -0.2) is 9.59 Å². The molecule has 0 spiro atoms. The summed E-state index contributed by atoms with van der Waals surface area (Å²) in [6.45, 7) is 9.09. The molecule has 0 rings (SSSR count). The number of esters is 2. The predicted molar refractivity (Wildman–Crippen MR) is 109 cm³/mol. The molecule has 4 nitrogen and oxygen atoms in total. The van der Waals surface area contributed by atoms with Gasteiger partial charge in [0.2, 0.25) is 0 Å². The molecule has 0 N–H and O–H groups in total. The van der Waals surface area contributed by atoms with Crippen molar-refractivity contribution in [2.75, 3.05) is 13.2 Å². The van der Waals surface area contributed by atoms with Gasteiger partial charge in [0.05, 0.1) is 13.2 Å². The number of unbranched alkanes of at least 4 members (excludes halogenated alkanes) is 4. The zero-order valence-corrected chi connectivity index (χ0v) is 16.1. The van der Waals surface area contributed by atoms with Crippen molar-refractivity contribution in [2.45, 2.75) is 91.9 Å². The van der Waals surface area contributed by atoms with Gasteiger partial charge in [-0.05, 0) is 38.5 Å². The minimum absolute atomic E-state index is 0. The van der Waals surface area contributed by atoms with Crippen LogP contribution in [0.3, 0.4) is 0 Å². The Labute approximate surface area is 171 Å². The molecule has 0 saturated heterocycles. The SMILES string of the molecule is CCCCOC(=O)/C(CCCC)=C(/CCCC)C(=O)OCCCC.[SnH4]. The second-order valence-electron chi connectivity index (χ2n) is 6.14. The third-order valence-electron chi connectivity index (χ3n) is 3.88. The molecule has 0 aromatic heterocycles. The fourth-order valence-electron chi connectivity index (χ4n) is 2.25. The van der Waals surface area contributed by atoms with Crippen LogP contribution in [0.4, 0.5) is 0 Å². The number of hydrogen-bond donors (Lipinski definition) is 0. The molecule has 0 aliphatic carbocycles. The molecule has 0 fully saturated rings. The Morgan fingerprint density at radius 3 is 1.20 bits per heavy atom. The monoisotopic (exact) mass is 464 g/mol. The van der Waals surface area contributed by atoms with Crippen LogP contribution >= 0.6 is 0 Å². The van der Waals surface area contributed by atoms with Gasteiger partial charge in [0.25, 0.3) is 0 Å². The van der Waals surface area contributed by atoms with Crippen LogP contribution in [0.2, 0.25) is 0 Å². The summed E-state index contributed by atoms with van der Waals surface area (Å²) in [6.07, 6.45) is 8.50. The molecule has 0 heterocycles. The molecule has 0 bridgehead atoms. The number of hydrogen-bond acceptors (Lipinski definition) is 4. The first kappa shape index (κ1) is 26.7. The molecule has 0 aliphatic rings. The summed E-state index contributed by atoms with van der Waals surface area (Å²) in [7, 11) is 0. The molecule has 0 saturated carbocycles. The van der Waals surface area contributed by atoms with Gasteiger partial charge >= 0.3 is 35.8 Å². The Morgan fingerprint density at radius 2 is 0.920 bits per heavy atom. The summed E-state index contributed by atoms with van der Waals surface area (Å²) in [5.41, 5.74) is 1.06. The van der Waals surface area contributed by atoms with E-state index < -0.39 is 0 Å². The molecule has 0 aromatic carbocycles. The van der Waals surface area contributed by atoms with Gasteiger partial charge in [-0.15, -0.1) is 0 Å². The summed E-state index contributed by atoms with van der Waals surface area (Å²) in [6, 6.07) is 0. The molecule has 0 unspecified atom stereocenters. The fraction of sp³-hybridized carbons (Fsp3) is 0.800. The Bertz CT molecular complexity index is 355. The molecule has 0 aliphatic heterocycles. The van der Waals surface area contributed by atoms with E-state index in [9.17, 15) is 9.59 Å². The van der Waals surface area contributed by atoms with Gasteiger partial charge in [0.15, 0.2) is 0 Å². The van der Waals surface area contributed by atoms with Crippen LogP contribution in [0.15, 0.2) is 11.1 Å². The molecule has 0 aromatic rings. The first-order valence-electron chi connectivity index (χ1n) is 9.68. The van der Waals surface area contributed by atoms with Crippen LogP contribution in [0.25, 0.3) is 0 Å². The van der Waals surface area contributed by atoms with Crippen molar-refractivity contribution in [3.8, 4) is 0 Å². The Balaban J connectivity index is 0. The number of carbonyl (C=O) groups excluding carboxylic acids is 2. The van der Waals surface area contributed by atoms with Gasteiger partial charge in [-0.1, -0.05) is 53.4 Å². The summed E-state index contributed by atoms with van der Waals surface area (Å²) >= 11 is 0. The summed E-state index contributed by atoms with van der Waals surface area (Å²) in [4.78, 5) is 25.0. The topological polar surface area (TPSA) is 52.6 Å². The molecular formula is C20H40O4Sn. The number of carbonyl (C=O) groups is 2. The van der Waals surface area contributed by atoms with Gasteiger partial charge in [-0.2, -0.15) is 0 Å². The molecule has 148 valence electrons. The van der Waals surface area contributed by atoms with E-state index in [0.29, 0.717) is 37.2 Å². The van der Waals surface area contributed by atoms with Gasteiger partial charge in [0, 0.05) is 11.1 Å². The molecule has 5 heteroatoms. The zero-order chi connectivity index (χ0) is 18.2. The zero-order valence-electron chi connectivity index (χ0n) is 16.1. The normalized spacial score (nSPS) is 11.4. The van der Waals surface area contributed by atoms with Crippen molar-refractivity contribution in [3.63, 3.8) is 0 Å². The van der Waals surface area contributed by atoms with E-state index in [2.05, 4.69) is 27.7 Å². The van der Waals surface area contributed by atoms with E-state index >= 15 is 0 Å². The summed E-state index contributed by atoms with van der Waals surface area (Å²) in [5, 5.41) is 0. The third-order valence-corrected chi connectivity index (χ3v) is 3.88. The van der Waals surface area contributed by atoms with Crippen molar-refractivity contribution in [1.82, 2.24) is 0 Å². The second kappa shape index (κ2) is 18.3. The van der Waals surface area contributed by atoms with E-state index in [1.807, 2.05) is 0 Å². The Kier molecular flexibility index (Phi) is 19.5. The maximum atomic E-state index is 12.5. The van der Waals surface area contributed by atoms with Crippen molar-refractivity contribution < 1.29 is 19.1 Å². The molecular weight excluding hydrogens is 423 g/mol. The summed E-state index contributed by atoms with van der Waals surface area (Å²) < 4.78 is 10.7. The number of rotatable bonds is 14. The first-order valence-corrected chi connectivity index (χ1v) is 9.68. The number of ether oxygens (including phenoxy) is 2. The predicted octanol–water partition coefficient (Wildman–Crippen LogP) is 3.90. The second-order valence-corrected chi connectivity index (χ2v) is 6.14. The van der Waals surface area contributed by atoms with Crippen molar-refractivity contribution in [2.24, 2.45) is 0 Å². The van der Waals surface area contributed by atoms with Crippen LogP contribution in [0, 0.1) is 0 Å². The van der Waals surface area contributed by atoms with Crippen LogP contribution < -0.4 is 0 Å². The van der Waals surface area contributed by atoms with Crippen LogP contribution in [-0.4, -0.2) is 49.1 Å². The van der Waals surface area contributed by atoms with Crippen LogP contribution in [-0.2, 0) is 19.1 Å². The Hall–Kier alpha value is -0.521. The van der Waals surface area contributed by atoms with Gasteiger partial charge < -0.3 is 9.47 Å². The molecule has 25 heavy (non-hydrogen) atoms. The van der Waals surface area contributed by atoms with E-state index in [1.54, 1.807) is 0 Å². The van der Waals surface area contributed by atoms with Crippen molar-refractivity contribution >= 4 is 35.8 Å². The molecule has 0 radical (unpaired) electrons. The first-order chi connectivity index (χ1) is 11.6. The third kappa shape index (κ3) is 12.5. The fourth-order valence-corrected chi connectivity index (χ4v) is 2.25. The van der Waals surface area contributed by atoms with Crippen molar-refractivity contribution in [1.29, 1.82) is 0 Å². The van der Waals surface area contributed by atoms with E-state index in [-0.39, 0.29) is 35.8 Å². The average Bonchev–Trinajstić information content (AvgIpc) is 2.58. The molecule has 0 atom stereocenters. The van der Waals surface area contributed by atoms with E-state index in [4.69, 9.17) is 9.47 Å². The minimum atomic E-state index is -0.338. The van der Waals surface area contributed by atoms with E-state index in [1.165, 1.54) is 0 Å².